The first kappa shape index (κ1) is 17.8. The van der Waals surface area contributed by atoms with Gasteiger partial charge in [-0.15, -0.1) is 0 Å². The van der Waals surface area contributed by atoms with Crippen molar-refractivity contribution in [1.82, 2.24) is 20.6 Å². The van der Waals surface area contributed by atoms with Gasteiger partial charge in [0, 0.05) is 18.8 Å². The van der Waals surface area contributed by atoms with E-state index in [0.717, 1.165) is 16.6 Å². The Bertz CT molecular complexity index is 966. The lowest BCUT2D eigenvalue weighted by Crippen LogP contribution is -2.26. The minimum absolute atomic E-state index is 0.299. The van der Waals surface area contributed by atoms with E-state index in [1.54, 1.807) is 19.3 Å². The quantitative estimate of drug-likeness (QED) is 0.597. The minimum Gasteiger partial charge on any atom is -0.392 e. The fraction of sp³-hybridized carbons (Fsp3) is 0.100. The molecule has 0 aliphatic carbocycles. The first-order chi connectivity index (χ1) is 12.5. The highest BCUT2D eigenvalue weighted by atomic mass is 35.5. The summed E-state index contributed by atoms with van der Waals surface area (Å²) >= 11 is 6.20. The predicted molar refractivity (Wildman–Crippen MR) is 106 cm³/mol. The van der Waals surface area contributed by atoms with Crippen molar-refractivity contribution < 1.29 is 4.79 Å². The van der Waals surface area contributed by atoms with E-state index in [1.165, 1.54) is 0 Å². The Balaban J connectivity index is 1.90. The van der Waals surface area contributed by atoms with Crippen LogP contribution in [0.3, 0.4) is 0 Å². The standard InChI is InChI=1S/C20H19ClN4O/c1-12-7-6-8-14(21)18(12)20(26)25-17(11-22-3)13(2)19-23-15-9-4-5-10-16(15)24-19/h4-11,22H,2H2,1,3H3,(H,23,24)(H,25,26)/b17-11+. The van der Waals surface area contributed by atoms with Gasteiger partial charge in [0.05, 0.1) is 27.3 Å². The van der Waals surface area contributed by atoms with E-state index in [9.17, 15) is 4.79 Å². The molecule has 1 amide bonds. The summed E-state index contributed by atoms with van der Waals surface area (Å²) in [5.41, 5.74) is 4.05. The molecule has 0 bridgehead atoms. The number of nitrogens with zero attached hydrogens (tertiary/aromatic N) is 1. The van der Waals surface area contributed by atoms with Crippen LogP contribution in [0, 0.1) is 6.92 Å². The molecule has 0 atom stereocenters. The number of fused-ring (bicyclic) bond motifs is 1. The van der Waals surface area contributed by atoms with Crippen molar-refractivity contribution in [2.75, 3.05) is 7.05 Å². The molecule has 132 valence electrons. The van der Waals surface area contributed by atoms with Crippen LogP contribution in [0.4, 0.5) is 0 Å². The molecule has 6 heteroatoms. The average molecular weight is 367 g/mol. The molecule has 5 nitrogen and oxygen atoms in total. The van der Waals surface area contributed by atoms with Crippen LogP contribution >= 0.6 is 11.6 Å². The van der Waals surface area contributed by atoms with Gasteiger partial charge in [-0.1, -0.05) is 42.4 Å². The highest BCUT2D eigenvalue weighted by molar-refractivity contribution is 6.34. The highest BCUT2D eigenvalue weighted by Crippen LogP contribution is 2.23. The number of imidazole rings is 1. The zero-order chi connectivity index (χ0) is 18.7. The van der Waals surface area contributed by atoms with E-state index in [1.807, 2.05) is 43.3 Å². The maximum Gasteiger partial charge on any atom is 0.257 e. The number of hydrogen-bond donors (Lipinski definition) is 3. The SMILES string of the molecule is C=C(/C(=C\NC)NC(=O)c1c(C)cccc1Cl)c1nc2ccccc2[nH]1. The summed E-state index contributed by atoms with van der Waals surface area (Å²) in [7, 11) is 1.75. The molecule has 0 radical (unpaired) electrons. The van der Waals surface area contributed by atoms with E-state index in [-0.39, 0.29) is 5.91 Å². The lowest BCUT2D eigenvalue weighted by molar-refractivity contribution is 0.0967. The number of H-pyrrole nitrogens is 1. The van der Waals surface area contributed by atoms with Crippen molar-refractivity contribution in [2.24, 2.45) is 0 Å². The lowest BCUT2D eigenvalue weighted by Gasteiger charge is -2.13. The Morgan fingerprint density at radius 2 is 2.00 bits per heavy atom. The van der Waals surface area contributed by atoms with Gasteiger partial charge in [0.2, 0.25) is 0 Å². The van der Waals surface area contributed by atoms with Crippen LogP contribution in [-0.4, -0.2) is 22.9 Å². The monoisotopic (exact) mass is 366 g/mol. The number of aryl methyl sites for hydroxylation is 1. The third-order valence-electron chi connectivity index (χ3n) is 3.99. The fourth-order valence-electron chi connectivity index (χ4n) is 2.67. The summed E-state index contributed by atoms with van der Waals surface area (Å²) in [4.78, 5) is 20.5. The van der Waals surface area contributed by atoms with Gasteiger partial charge in [0.25, 0.3) is 5.91 Å². The maximum atomic E-state index is 12.7. The first-order valence-electron chi connectivity index (χ1n) is 8.09. The molecule has 0 fully saturated rings. The van der Waals surface area contributed by atoms with Crippen LogP contribution in [0.2, 0.25) is 5.02 Å². The summed E-state index contributed by atoms with van der Waals surface area (Å²) in [6, 6.07) is 13.0. The predicted octanol–water partition coefficient (Wildman–Crippen LogP) is 4.03. The van der Waals surface area contributed by atoms with Gasteiger partial charge in [0.15, 0.2) is 0 Å². The number of nitrogens with one attached hydrogen (secondary N) is 3. The van der Waals surface area contributed by atoms with Crippen molar-refractivity contribution >= 4 is 34.1 Å². The molecule has 2 aromatic carbocycles. The Morgan fingerprint density at radius 3 is 2.69 bits per heavy atom. The summed E-state index contributed by atoms with van der Waals surface area (Å²) in [6.07, 6.45) is 1.67. The zero-order valence-electron chi connectivity index (χ0n) is 14.6. The molecular formula is C20H19ClN4O. The molecular weight excluding hydrogens is 348 g/mol. The van der Waals surface area contributed by atoms with E-state index in [4.69, 9.17) is 11.6 Å². The van der Waals surface area contributed by atoms with Gasteiger partial charge in [-0.3, -0.25) is 4.79 Å². The number of aromatic nitrogens is 2. The number of amides is 1. The molecule has 0 unspecified atom stereocenters. The number of carbonyl (C=O) groups excluding carboxylic acids is 1. The second kappa shape index (κ2) is 7.45. The molecule has 0 spiro atoms. The van der Waals surface area contributed by atoms with Crippen LogP contribution in [-0.2, 0) is 0 Å². The van der Waals surface area contributed by atoms with E-state index in [0.29, 0.717) is 27.7 Å². The summed E-state index contributed by atoms with van der Waals surface area (Å²) in [6.45, 7) is 5.92. The van der Waals surface area contributed by atoms with Crippen LogP contribution < -0.4 is 10.6 Å². The molecule has 0 aliphatic heterocycles. The molecule has 1 aromatic heterocycles. The molecule has 3 aromatic rings. The minimum atomic E-state index is -0.299. The number of benzene rings is 2. The van der Waals surface area contributed by atoms with Gasteiger partial charge in [0.1, 0.15) is 5.82 Å². The smallest absolute Gasteiger partial charge is 0.257 e. The second-order valence-corrected chi connectivity index (χ2v) is 6.22. The van der Waals surface area contributed by atoms with Crippen LogP contribution in [0.5, 0.6) is 0 Å². The number of aromatic amines is 1. The van der Waals surface area contributed by atoms with E-state index >= 15 is 0 Å². The Labute approximate surface area is 156 Å². The van der Waals surface area contributed by atoms with Gasteiger partial charge >= 0.3 is 0 Å². The van der Waals surface area contributed by atoms with Crippen molar-refractivity contribution in [1.29, 1.82) is 0 Å². The third kappa shape index (κ3) is 3.48. The number of halogens is 1. The summed E-state index contributed by atoms with van der Waals surface area (Å²) in [5, 5.41) is 6.20. The van der Waals surface area contributed by atoms with E-state index < -0.39 is 0 Å². The van der Waals surface area contributed by atoms with Crippen molar-refractivity contribution in [3.8, 4) is 0 Å². The van der Waals surface area contributed by atoms with E-state index in [2.05, 4.69) is 27.2 Å². The number of rotatable bonds is 5. The second-order valence-electron chi connectivity index (χ2n) is 5.81. The average Bonchev–Trinajstić information content (AvgIpc) is 3.04. The van der Waals surface area contributed by atoms with Gasteiger partial charge in [-0.05, 0) is 30.7 Å². The van der Waals surface area contributed by atoms with Crippen molar-refractivity contribution in [2.45, 2.75) is 6.92 Å². The molecule has 1 heterocycles. The first-order valence-corrected chi connectivity index (χ1v) is 8.47. The Kier molecular flexibility index (Phi) is 5.09. The van der Waals surface area contributed by atoms with Gasteiger partial charge < -0.3 is 15.6 Å². The molecule has 3 rings (SSSR count). The highest BCUT2D eigenvalue weighted by Gasteiger charge is 2.17. The third-order valence-corrected chi connectivity index (χ3v) is 4.30. The van der Waals surface area contributed by atoms with Crippen molar-refractivity contribution in [3.05, 3.63) is 82.9 Å². The number of allylic oxidation sites excluding steroid dienone is 1. The molecule has 3 N–H and O–H groups in total. The van der Waals surface area contributed by atoms with Crippen LogP contribution in [0.1, 0.15) is 21.7 Å². The maximum absolute atomic E-state index is 12.7. The number of hydrogen-bond acceptors (Lipinski definition) is 3. The normalized spacial score (nSPS) is 11.4. The Hall–Kier alpha value is -3.05. The largest absolute Gasteiger partial charge is 0.392 e. The van der Waals surface area contributed by atoms with Crippen LogP contribution in [0.25, 0.3) is 16.6 Å². The van der Waals surface area contributed by atoms with Crippen LogP contribution in [0.15, 0.2) is 60.9 Å². The van der Waals surface area contributed by atoms with Gasteiger partial charge in [-0.25, -0.2) is 4.98 Å². The molecule has 0 saturated carbocycles. The number of para-hydroxylation sites is 2. The topological polar surface area (TPSA) is 69.8 Å². The summed E-state index contributed by atoms with van der Waals surface area (Å²) in [5.74, 6) is 0.288. The zero-order valence-corrected chi connectivity index (χ0v) is 15.3. The molecule has 26 heavy (non-hydrogen) atoms. The van der Waals surface area contributed by atoms with Gasteiger partial charge in [-0.2, -0.15) is 0 Å². The Morgan fingerprint density at radius 1 is 1.23 bits per heavy atom. The lowest BCUT2D eigenvalue weighted by atomic mass is 10.1. The molecule has 0 saturated heterocycles. The fourth-order valence-corrected chi connectivity index (χ4v) is 2.98. The molecule has 0 aliphatic rings. The van der Waals surface area contributed by atoms with Crippen molar-refractivity contribution in [3.63, 3.8) is 0 Å². The summed E-state index contributed by atoms with van der Waals surface area (Å²) < 4.78 is 0. The number of carbonyl (C=O) groups is 1.